The molecular formula is C25H34N4O3S. The fourth-order valence-electron chi connectivity index (χ4n) is 5.32. The highest BCUT2D eigenvalue weighted by Gasteiger charge is 2.28. The van der Waals surface area contributed by atoms with E-state index in [4.69, 9.17) is 4.74 Å². The molecule has 1 saturated heterocycles. The van der Waals surface area contributed by atoms with Crippen LogP contribution < -0.4 is 14.4 Å². The number of benzene rings is 1. The number of aromatic nitrogens is 1. The van der Waals surface area contributed by atoms with Gasteiger partial charge < -0.3 is 9.64 Å². The number of ether oxygens (including phenoxy) is 1. The first-order chi connectivity index (χ1) is 16.1. The van der Waals surface area contributed by atoms with E-state index < -0.39 is 10.0 Å². The number of hydrogen-bond acceptors (Lipinski definition) is 6. The van der Waals surface area contributed by atoms with Gasteiger partial charge in [0.05, 0.1) is 11.5 Å². The summed E-state index contributed by atoms with van der Waals surface area (Å²) < 4.78 is 33.9. The maximum Gasteiger partial charge on any atom is 0.240 e. The summed E-state index contributed by atoms with van der Waals surface area (Å²) in [7, 11) is -3.42. The second kappa shape index (κ2) is 9.99. The molecule has 1 aromatic heterocycles. The van der Waals surface area contributed by atoms with Crippen LogP contribution in [-0.2, 0) is 16.4 Å². The predicted octanol–water partition coefficient (Wildman–Crippen LogP) is 3.07. The molecule has 2 aromatic rings. The minimum absolute atomic E-state index is 0.0531. The Hall–Kier alpha value is -2.16. The van der Waals surface area contributed by atoms with Crippen molar-refractivity contribution in [1.82, 2.24) is 14.6 Å². The zero-order chi connectivity index (χ0) is 22.7. The Morgan fingerprint density at radius 3 is 2.52 bits per heavy atom. The first-order valence-electron chi connectivity index (χ1n) is 12.2. The Morgan fingerprint density at radius 1 is 1.00 bits per heavy atom. The summed E-state index contributed by atoms with van der Waals surface area (Å²) in [6.07, 6.45) is 8.13. The second-order valence-corrected chi connectivity index (χ2v) is 11.2. The quantitative estimate of drug-likeness (QED) is 0.670. The fraction of sp³-hybridized carbons (Fsp3) is 0.560. The third kappa shape index (κ3) is 5.34. The predicted molar refractivity (Wildman–Crippen MR) is 129 cm³/mol. The van der Waals surface area contributed by atoms with Gasteiger partial charge in [-0.3, -0.25) is 4.90 Å². The molecule has 0 amide bonds. The van der Waals surface area contributed by atoms with Crippen LogP contribution in [0.1, 0.15) is 37.7 Å². The third-order valence-corrected chi connectivity index (χ3v) is 8.87. The molecule has 0 unspecified atom stereocenters. The first-order valence-corrected chi connectivity index (χ1v) is 13.7. The van der Waals surface area contributed by atoms with Gasteiger partial charge >= 0.3 is 0 Å². The molecule has 5 rings (SSSR count). The van der Waals surface area contributed by atoms with E-state index in [1.54, 1.807) is 24.3 Å². The molecule has 1 aliphatic carbocycles. The standard InChI is InChI=1S/C25H34N4O3S/c30-33(31,23-4-2-1-3-5-23)27-22-8-6-20(7-9-22)11-14-28-15-17-29(18-16-28)25-24-21(10-13-26-25)12-19-32-24/h1-5,10,13,20,22,27H,6-9,11-12,14-19H2. The lowest BCUT2D eigenvalue weighted by Gasteiger charge is -2.37. The Labute approximate surface area is 197 Å². The van der Waals surface area contributed by atoms with Crippen molar-refractivity contribution in [2.75, 3.05) is 44.2 Å². The molecule has 33 heavy (non-hydrogen) atoms. The molecular weight excluding hydrogens is 436 g/mol. The molecule has 0 radical (unpaired) electrons. The van der Waals surface area contributed by atoms with Crippen LogP contribution in [0.15, 0.2) is 47.5 Å². The van der Waals surface area contributed by atoms with Crippen LogP contribution in [0.2, 0.25) is 0 Å². The van der Waals surface area contributed by atoms with E-state index in [0.717, 1.165) is 83.0 Å². The largest absolute Gasteiger partial charge is 0.489 e. The van der Waals surface area contributed by atoms with Crippen molar-refractivity contribution >= 4 is 15.8 Å². The second-order valence-electron chi connectivity index (χ2n) is 9.49. The number of piperazine rings is 1. The lowest BCUT2D eigenvalue weighted by atomic mass is 9.84. The van der Waals surface area contributed by atoms with Gasteiger partial charge in [0.2, 0.25) is 10.0 Å². The molecule has 7 nitrogen and oxygen atoms in total. The van der Waals surface area contributed by atoms with Crippen LogP contribution >= 0.6 is 0 Å². The van der Waals surface area contributed by atoms with Crippen LogP contribution in [0.25, 0.3) is 0 Å². The van der Waals surface area contributed by atoms with Crippen molar-refractivity contribution in [2.24, 2.45) is 5.92 Å². The lowest BCUT2D eigenvalue weighted by Crippen LogP contribution is -2.47. The molecule has 0 spiro atoms. The van der Waals surface area contributed by atoms with Crippen molar-refractivity contribution < 1.29 is 13.2 Å². The molecule has 2 aliphatic heterocycles. The average Bonchev–Trinajstić information content (AvgIpc) is 3.34. The molecule has 1 saturated carbocycles. The van der Waals surface area contributed by atoms with Crippen molar-refractivity contribution in [1.29, 1.82) is 0 Å². The van der Waals surface area contributed by atoms with E-state index in [1.165, 1.54) is 12.0 Å². The summed E-state index contributed by atoms with van der Waals surface area (Å²) in [5.74, 6) is 2.69. The maximum atomic E-state index is 12.6. The normalized spacial score (nSPS) is 23.8. The molecule has 8 heteroatoms. The number of rotatable bonds is 7. The minimum Gasteiger partial charge on any atom is -0.489 e. The Bertz CT molecular complexity index is 1030. The van der Waals surface area contributed by atoms with Crippen molar-refractivity contribution in [2.45, 2.75) is 49.5 Å². The fourth-order valence-corrected chi connectivity index (χ4v) is 6.65. The third-order valence-electron chi connectivity index (χ3n) is 7.33. The zero-order valence-electron chi connectivity index (χ0n) is 19.2. The van der Waals surface area contributed by atoms with Gasteiger partial charge in [-0.25, -0.2) is 18.1 Å². The van der Waals surface area contributed by atoms with E-state index in [2.05, 4.69) is 25.6 Å². The van der Waals surface area contributed by atoms with Gasteiger partial charge in [0.15, 0.2) is 11.6 Å². The number of hydrogen-bond donors (Lipinski definition) is 1. The van der Waals surface area contributed by atoms with Crippen molar-refractivity contribution in [3.05, 3.63) is 48.2 Å². The molecule has 1 aromatic carbocycles. The Kier molecular flexibility index (Phi) is 6.85. The van der Waals surface area contributed by atoms with Crippen LogP contribution in [0.4, 0.5) is 5.82 Å². The van der Waals surface area contributed by atoms with Crippen LogP contribution in [0, 0.1) is 5.92 Å². The molecule has 1 N–H and O–H groups in total. The Balaban J connectivity index is 1.04. The van der Waals surface area contributed by atoms with Gasteiger partial charge in [-0.05, 0) is 62.8 Å². The summed E-state index contributed by atoms with van der Waals surface area (Å²) in [6.45, 7) is 5.97. The molecule has 178 valence electrons. The van der Waals surface area contributed by atoms with Crippen molar-refractivity contribution in [3.63, 3.8) is 0 Å². The van der Waals surface area contributed by atoms with E-state index in [-0.39, 0.29) is 6.04 Å². The maximum absolute atomic E-state index is 12.6. The molecule has 3 heterocycles. The molecule has 0 atom stereocenters. The summed E-state index contributed by atoms with van der Waals surface area (Å²) in [5.41, 5.74) is 1.28. The highest BCUT2D eigenvalue weighted by Crippen LogP contribution is 2.34. The number of pyridine rings is 1. The van der Waals surface area contributed by atoms with E-state index in [9.17, 15) is 8.42 Å². The topological polar surface area (TPSA) is 74.8 Å². The van der Waals surface area contributed by atoms with E-state index >= 15 is 0 Å². The minimum atomic E-state index is -3.42. The van der Waals surface area contributed by atoms with Crippen LogP contribution in [0.5, 0.6) is 5.75 Å². The average molecular weight is 471 g/mol. The van der Waals surface area contributed by atoms with Crippen molar-refractivity contribution in [3.8, 4) is 5.75 Å². The summed E-state index contributed by atoms with van der Waals surface area (Å²) in [6, 6.07) is 10.8. The summed E-state index contributed by atoms with van der Waals surface area (Å²) in [4.78, 5) is 9.88. The molecule has 0 bridgehead atoms. The highest BCUT2D eigenvalue weighted by molar-refractivity contribution is 7.89. The number of anilines is 1. The van der Waals surface area contributed by atoms with Gasteiger partial charge in [0.25, 0.3) is 0 Å². The van der Waals surface area contributed by atoms with Gasteiger partial charge in [0, 0.05) is 50.4 Å². The number of sulfonamides is 1. The Morgan fingerprint density at radius 2 is 1.76 bits per heavy atom. The smallest absolute Gasteiger partial charge is 0.240 e. The summed E-state index contributed by atoms with van der Waals surface area (Å²) in [5, 5.41) is 0. The molecule has 3 aliphatic rings. The van der Waals surface area contributed by atoms with E-state index in [1.807, 2.05) is 12.3 Å². The van der Waals surface area contributed by atoms with Gasteiger partial charge in [-0.2, -0.15) is 0 Å². The summed E-state index contributed by atoms with van der Waals surface area (Å²) >= 11 is 0. The lowest BCUT2D eigenvalue weighted by molar-refractivity contribution is 0.214. The zero-order valence-corrected chi connectivity index (χ0v) is 20.0. The van der Waals surface area contributed by atoms with Gasteiger partial charge in [-0.15, -0.1) is 0 Å². The van der Waals surface area contributed by atoms with Crippen LogP contribution in [-0.4, -0.2) is 63.7 Å². The monoisotopic (exact) mass is 470 g/mol. The van der Waals surface area contributed by atoms with Crippen LogP contribution in [0.3, 0.4) is 0 Å². The number of nitrogens with one attached hydrogen (secondary N) is 1. The number of fused-ring (bicyclic) bond motifs is 1. The van der Waals surface area contributed by atoms with Gasteiger partial charge in [-0.1, -0.05) is 18.2 Å². The SMILES string of the molecule is O=S(=O)(NC1CCC(CCN2CCN(c3nccc4c3OCC4)CC2)CC1)c1ccccc1. The van der Waals surface area contributed by atoms with Gasteiger partial charge in [0.1, 0.15) is 0 Å². The molecule has 2 fully saturated rings. The van der Waals surface area contributed by atoms with E-state index in [0.29, 0.717) is 10.8 Å². The highest BCUT2D eigenvalue weighted by atomic mass is 32.2. The number of nitrogens with zero attached hydrogens (tertiary/aromatic N) is 3. The first kappa shape index (κ1) is 22.6.